The molecule has 6 heteroatoms. The summed E-state index contributed by atoms with van der Waals surface area (Å²) in [6.07, 6.45) is 3.99. The van der Waals surface area contributed by atoms with Gasteiger partial charge >= 0.3 is 0 Å². The Hall–Kier alpha value is -0.850. The molecule has 1 fully saturated rings. The van der Waals surface area contributed by atoms with E-state index in [-0.39, 0.29) is 11.5 Å². The molecule has 1 atom stereocenters. The minimum Gasteiger partial charge on any atom is -0.363 e. The van der Waals surface area contributed by atoms with Gasteiger partial charge in [0.1, 0.15) is 0 Å². The molecule has 20 heavy (non-hydrogen) atoms. The van der Waals surface area contributed by atoms with E-state index in [4.69, 9.17) is 0 Å². The number of hydrogen-bond acceptors (Lipinski definition) is 3. The Morgan fingerprint density at radius 3 is 2.60 bits per heavy atom. The first-order valence-electron chi connectivity index (χ1n) is 7.11. The smallest absolute Gasteiger partial charge is 0.242 e. The van der Waals surface area contributed by atoms with Crippen LogP contribution in [0.15, 0.2) is 17.2 Å². The highest BCUT2D eigenvalue weighted by molar-refractivity contribution is 7.89. The minimum atomic E-state index is -3.45. The fourth-order valence-corrected chi connectivity index (χ4v) is 3.16. The van der Waals surface area contributed by atoms with E-state index in [0.717, 1.165) is 5.69 Å². The molecule has 0 amide bonds. The Kier molecular flexibility index (Phi) is 4.27. The average molecular weight is 299 g/mol. The molecule has 3 N–H and O–H groups in total. The van der Waals surface area contributed by atoms with Gasteiger partial charge in [0.25, 0.3) is 0 Å². The lowest BCUT2D eigenvalue weighted by Gasteiger charge is -2.27. The van der Waals surface area contributed by atoms with Crippen LogP contribution >= 0.6 is 0 Å². The lowest BCUT2D eigenvalue weighted by molar-refractivity contribution is 0.317. The van der Waals surface area contributed by atoms with Crippen LogP contribution in [0.1, 0.15) is 46.2 Å². The summed E-state index contributed by atoms with van der Waals surface area (Å²) in [6, 6.07) is 2.18. The van der Waals surface area contributed by atoms with Gasteiger partial charge in [-0.25, -0.2) is 13.1 Å². The topological polar surface area (TPSA) is 74.0 Å². The van der Waals surface area contributed by atoms with Gasteiger partial charge in [-0.2, -0.15) is 0 Å². The van der Waals surface area contributed by atoms with Gasteiger partial charge in [-0.15, -0.1) is 0 Å². The van der Waals surface area contributed by atoms with Gasteiger partial charge in [0.05, 0.1) is 4.90 Å². The maximum atomic E-state index is 12.3. The van der Waals surface area contributed by atoms with Crippen molar-refractivity contribution in [2.45, 2.75) is 64.1 Å². The lowest BCUT2D eigenvalue weighted by Crippen LogP contribution is -2.41. The second kappa shape index (κ2) is 5.50. The van der Waals surface area contributed by atoms with E-state index in [2.05, 4.69) is 15.0 Å². The molecular formula is C14H25N3O2S. The summed E-state index contributed by atoms with van der Waals surface area (Å²) in [4.78, 5) is 3.33. The molecule has 1 heterocycles. The van der Waals surface area contributed by atoms with Crippen LogP contribution in [-0.4, -0.2) is 25.5 Å². The molecule has 0 bridgehead atoms. The monoisotopic (exact) mass is 299 g/mol. The van der Waals surface area contributed by atoms with Crippen molar-refractivity contribution in [2.75, 3.05) is 0 Å². The van der Waals surface area contributed by atoms with Crippen LogP contribution in [-0.2, 0) is 16.6 Å². The SMILES string of the molecule is CC(NS(=O)(=O)c1c[nH]c(CNC2CC2)c1)C(C)(C)C. The second-order valence-electron chi connectivity index (χ2n) is 6.72. The van der Waals surface area contributed by atoms with E-state index in [9.17, 15) is 8.42 Å². The van der Waals surface area contributed by atoms with Gasteiger partial charge in [-0.1, -0.05) is 20.8 Å². The molecule has 1 saturated carbocycles. The molecule has 2 rings (SSSR count). The van der Waals surface area contributed by atoms with E-state index in [1.165, 1.54) is 12.8 Å². The molecule has 1 aromatic heterocycles. The third-order valence-electron chi connectivity index (χ3n) is 3.82. The van der Waals surface area contributed by atoms with Crippen LogP contribution in [0.2, 0.25) is 0 Å². The van der Waals surface area contributed by atoms with Gasteiger partial charge in [-0.05, 0) is 31.2 Å². The summed E-state index contributed by atoms with van der Waals surface area (Å²) < 4.78 is 27.3. The van der Waals surface area contributed by atoms with Crippen molar-refractivity contribution < 1.29 is 8.42 Å². The largest absolute Gasteiger partial charge is 0.363 e. The van der Waals surface area contributed by atoms with Crippen LogP contribution in [0, 0.1) is 5.41 Å². The molecular weight excluding hydrogens is 274 g/mol. The Morgan fingerprint density at radius 1 is 1.40 bits per heavy atom. The molecule has 1 aliphatic rings. The first-order chi connectivity index (χ1) is 9.18. The Labute approximate surface area is 121 Å². The molecule has 0 saturated heterocycles. The molecule has 0 aliphatic heterocycles. The molecule has 1 unspecified atom stereocenters. The standard InChI is InChI=1S/C14H25N3O2S/c1-10(14(2,3)4)17-20(18,19)13-7-12(16-9-13)8-15-11-5-6-11/h7,9-11,15-17H,5-6,8H2,1-4H3. The number of hydrogen-bond donors (Lipinski definition) is 3. The van der Waals surface area contributed by atoms with Crippen molar-refractivity contribution in [3.8, 4) is 0 Å². The third kappa shape index (κ3) is 4.07. The molecule has 1 aromatic rings. The summed E-state index contributed by atoms with van der Waals surface area (Å²) in [5.74, 6) is 0. The highest BCUT2D eigenvalue weighted by Gasteiger charge is 2.26. The van der Waals surface area contributed by atoms with Crippen LogP contribution < -0.4 is 10.0 Å². The molecule has 0 aromatic carbocycles. The predicted octanol–water partition coefficient (Wildman–Crippen LogP) is 1.98. The maximum Gasteiger partial charge on any atom is 0.242 e. The van der Waals surface area contributed by atoms with Crippen LogP contribution in [0.25, 0.3) is 0 Å². The number of nitrogens with one attached hydrogen (secondary N) is 3. The number of sulfonamides is 1. The normalized spacial score (nSPS) is 18.2. The molecule has 1 aliphatic carbocycles. The first kappa shape index (κ1) is 15.5. The predicted molar refractivity (Wildman–Crippen MR) is 79.9 cm³/mol. The zero-order valence-electron chi connectivity index (χ0n) is 12.7. The summed E-state index contributed by atoms with van der Waals surface area (Å²) in [5.41, 5.74) is 0.792. The number of aromatic amines is 1. The summed E-state index contributed by atoms with van der Waals surface area (Å²) in [5, 5.41) is 3.36. The van der Waals surface area contributed by atoms with Crippen LogP contribution in [0.3, 0.4) is 0 Å². The number of H-pyrrole nitrogens is 1. The Bertz CT molecular complexity index is 553. The van der Waals surface area contributed by atoms with Crippen molar-refractivity contribution in [3.63, 3.8) is 0 Å². The van der Waals surface area contributed by atoms with Crippen molar-refractivity contribution >= 4 is 10.0 Å². The number of aromatic nitrogens is 1. The van der Waals surface area contributed by atoms with Crippen molar-refractivity contribution in [1.29, 1.82) is 0 Å². The maximum absolute atomic E-state index is 12.3. The molecule has 0 radical (unpaired) electrons. The van der Waals surface area contributed by atoms with Crippen molar-refractivity contribution in [1.82, 2.24) is 15.0 Å². The Morgan fingerprint density at radius 2 is 2.05 bits per heavy atom. The number of rotatable bonds is 6. The summed E-state index contributed by atoms with van der Waals surface area (Å²) in [6.45, 7) is 8.63. The summed E-state index contributed by atoms with van der Waals surface area (Å²) in [7, 11) is -3.45. The third-order valence-corrected chi connectivity index (χ3v) is 5.34. The second-order valence-corrected chi connectivity index (χ2v) is 8.44. The van der Waals surface area contributed by atoms with Crippen LogP contribution in [0.4, 0.5) is 0 Å². The van der Waals surface area contributed by atoms with Gasteiger partial charge in [0, 0.05) is 30.5 Å². The van der Waals surface area contributed by atoms with Crippen LogP contribution in [0.5, 0.6) is 0 Å². The molecule has 114 valence electrons. The van der Waals surface area contributed by atoms with E-state index in [0.29, 0.717) is 17.5 Å². The highest BCUT2D eigenvalue weighted by atomic mass is 32.2. The first-order valence-corrected chi connectivity index (χ1v) is 8.60. The average Bonchev–Trinajstić information content (AvgIpc) is 3.01. The van der Waals surface area contributed by atoms with Gasteiger partial charge in [0.15, 0.2) is 0 Å². The van der Waals surface area contributed by atoms with Crippen molar-refractivity contribution in [3.05, 3.63) is 18.0 Å². The van der Waals surface area contributed by atoms with Gasteiger partial charge in [-0.3, -0.25) is 0 Å². The van der Waals surface area contributed by atoms with Crippen molar-refractivity contribution in [2.24, 2.45) is 5.41 Å². The lowest BCUT2D eigenvalue weighted by atomic mass is 9.89. The van der Waals surface area contributed by atoms with E-state index in [1.807, 2.05) is 27.7 Å². The van der Waals surface area contributed by atoms with Gasteiger partial charge in [0.2, 0.25) is 10.0 Å². The molecule has 0 spiro atoms. The zero-order valence-corrected chi connectivity index (χ0v) is 13.5. The Balaban J connectivity index is 2.01. The van der Waals surface area contributed by atoms with E-state index >= 15 is 0 Å². The van der Waals surface area contributed by atoms with Gasteiger partial charge < -0.3 is 10.3 Å². The fraction of sp³-hybridized carbons (Fsp3) is 0.714. The van der Waals surface area contributed by atoms with E-state index in [1.54, 1.807) is 12.3 Å². The fourth-order valence-electron chi connectivity index (χ4n) is 1.70. The summed E-state index contributed by atoms with van der Waals surface area (Å²) >= 11 is 0. The minimum absolute atomic E-state index is 0.111. The highest BCUT2D eigenvalue weighted by Crippen LogP contribution is 2.22. The van der Waals surface area contributed by atoms with E-state index < -0.39 is 10.0 Å². The quantitative estimate of drug-likeness (QED) is 0.752. The molecule has 5 nitrogen and oxygen atoms in total. The zero-order chi connectivity index (χ0) is 15.0.